The highest BCUT2D eigenvalue weighted by molar-refractivity contribution is 7.03. The van der Waals surface area contributed by atoms with Crippen molar-refractivity contribution in [3.63, 3.8) is 0 Å². The zero-order valence-electron chi connectivity index (χ0n) is 18.7. The molecule has 8 nitrogen and oxygen atoms in total. The number of carbonyl (C=O) groups excluding carboxylic acids is 2. The number of hydrogen-bond donors (Lipinski definition) is 1. The van der Waals surface area contributed by atoms with Gasteiger partial charge in [0.2, 0.25) is 4.80 Å². The van der Waals surface area contributed by atoms with Gasteiger partial charge in [0.25, 0.3) is 5.91 Å². The topological polar surface area (TPSA) is 110 Å². The van der Waals surface area contributed by atoms with Crippen LogP contribution in [-0.4, -0.2) is 26.4 Å². The van der Waals surface area contributed by atoms with Gasteiger partial charge in [-0.2, -0.15) is 4.99 Å². The van der Waals surface area contributed by atoms with Crippen LogP contribution in [0.25, 0.3) is 0 Å². The van der Waals surface area contributed by atoms with E-state index in [-0.39, 0.29) is 24.0 Å². The van der Waals surface area contributed by atoms with E-state index < -0.39 is 23.6 Å². The molecule has 1 unspecified atom stereocenters. The van der Waals surface area contributed by atoms with Gasteiger partial charge < -0.3 is 10.5 Å². The average molecular weight is 524 g/mol. The van der Waals surface area contributed by atoms with Gasteiger partial charge in [0.15, 0.2) is 12.8 Å². The standard InChI is InChI=1S/C23H24Cl2N4O4S/c1-14(2)11-19(26)21(31)33-13-28-22(27-20(30)16-5-9-18(25)10-6-16)34-29(23(28)32)12-15-3-7-17(24)8-4-15/h3-10,14,19H,11-13,26H2,1-2H3/p+1. The van der Waals surface area contributed by atoms with Crippen LogP contribution in [0.15, 0.2) is 58.3 Å². The van der Waals surface area contributed by atoms with Crippen molar-refractivity contribution in [2.24, 2.45) is 10.9 Å². The Kier molecular flexibility index (Phi) is 8.84. The Morgan fingerprint density at radius 1 is 1.06 bits per heavy atom. The van der Waals surface area contributed by atoms with E-state index in [1.807, 2.05) is 13.8 Å². The largest absolute Gasteiger partial charge is 0.439 e. The van der Waals surface area contributed by atoms with Crippen LogP contribution in [0, 0.1) is 5.92 Å². The lowest BCUT2D eigenvalue weighted by Gasteiger charge is -2.10. The molecule has 0 aliphatic rings. The Morgan fingerprint density at radius 2 is 1.65 bits per heavy atom. The van der Waals surface area contributed by atoms with E-state index in [1.54, 1.807) is 48.5 Å². The Morgan fingerprint density at radius 3 is 2.24 bits per heavy atom. The lowest BCUT2D eigenvalue weighted by molar-refractivity contribution is -0.411. The number of hydrogen-bond acceptors (Lipinski definition) is 5. The summed E-state index contributed by atoms with van der Waals surface area (Å²) in [7, 11) is 0. The summed E-state index contributed by atoms with van der Waals surface area (Å²) in [4.78, 5) is 42.4. The maximum absolute atomic E-state index is 13.1. The fourth-order valence-corrected chi connectivity index (χ4v) is 4.30. The molecular weight excluding hydrogens is 499 g/mol. The lowest BCUT2D eigenvalue weighted by atomic mass is 10.1. The molecule has 3 N–H and O–H groups in total. The molecule has 1 atom stereocenters. The van der Waals surface area contributed by atoms with Gasteiger partial charge in [-0.3, -0.25) is 4.79 Å². The maximum Gasteiger partial charge on any atom is 0.366 e. The molecule has 0 saturated heterocycles. The Hall–Kier alpha value is -2.72. The summed E-state index contributed by atoms with van der Waals surface area (Å²) in [6.07, 6.45) is 0.556. The number of halogens is 2. The molecule has 2 aromatic carbocycles. The van der Waals surface area contributed by atoms with Crippen LogP contribution in [0.5, 0.6) is 0 Å². The van der Waals surface area contributed by atoms with Crippen molar-refractivity contribution >= 4 is 46.6 Å². The number of amides is 1. The van der Waals surface area contributed by atoms with Gasteiger partial charge in [-0.1, -0.05) is 49.2 Å². The summed E-state index contributed by atoms with van der Waals surface area (Å²) >= 11 is 12.8. The number of aromatic nitrogens is 2. The number of ether oxygens (including phenoxy) is 1. The van der Waals surface area contributed by atoms with Crippen molar-refractivity contribution in [2.45, 2.75) is 39.6 Å². The smallest absolute Gasteiger partial charge is 0.366 e. The van der Waals surface area contributed by atoms with Gasteiger partial charge in [-0.25, -0.2) is 18.1 Å². The molecule has 0 bridgehead atoms. The van der Waals surface area contributed by atoms with Crippen LogP contribution in [-0.2, 0) is 22.8 Å². The molecule has 0 saturated carbocycles. The molecule has 0 aliphatic heterocycles. The van der Waals surface area contributed by atoms with Gasteiger partial charge in [-0.15, -0.1) is 0 Å². The molecule has 34 heavy (non-hydrogen) atoms. The second-order valence-corrected chi connectivity index (χ2v) is 9.95. The van der Waals surface area contributed by atoms with Crippen LogP contribution in [0.1, 0.15) is 36.2 Å². The SMILES string of the molecule is CC(C)CC([NH3+])C(=O)OCn1c(=NC(=O)c2ccc(Cl)cc2)sn(Cc2ccc(Cl)cc2)c1=O. The molecule has 180 valence electrons. The minimum absolute atomic E-state index is 0.108. The summed E-state index contributed by atoms with van der Waals surface area (Å²) in [5, 5.41) is 1.07. The number of benzene rings is 2. The van der Waals surface area contributed by atoms with Crippen molar-refractivity contribution in [3.8, 4) is 0 Å². The normalized spacial score (nSPS) is 12.7. The fourth-order valence-electron chi connectivity index (χ4n) is 3.11. The summed E-state index contributed by atoms with van der Waals surface area (Å²) in [5.41, 5.74) is 4.52. The monoisotopic (exact) mass is 523 g/mol. The van der Waals surface area contributed by atoms with E-state index in [2.05, 4.69) is 10.7 Å². The first kappa shape index (κ1) is 25.9. The minimum Gasteiger partial charge on any atom is -0.439 e. The Balaban J connectivity index is 1.93. The first-order valence-corrected chi connectivity index (χ1v) is 12.1. The van der Waals surface area contributed by atoms with E-state index in [9.17, 15) is 14.4 Å². The van der Waals surface area contributed by atoms with Crippen molar-refractivity contribution in [3.05, 3.63) is 85.0 Å². The molecular formula is C23H25Cl2N4O4S+. The lowest BCUT2D eigenvalue weighted by Crippen LogP contribution is -2.65. The van der Waals surface area contributed by atoms with E-state index >= 15 is 0 Å². The van der Waals surface area contributed by atoms with Gasteiger partial charge in [0.05, 0.1) is 6.54 Å². The minimum atomic E-state index is -0.563. The summed E-state index contributed by atoms with van der Waals surface area (Å²) in [6.45, 7) is 3.82. The number of quaternary nitrogens is 1. The number of carbonyl (C=O) groups is 2. The van der Waals surface area contributed by atoms with Crippen LogP contribution in [0.4, 0.5) is 0 Å². The molecule has 11 heteroatoms. The molecule has 1 heterocycles. The highest BCUT2D eigenvalue weighted by Gasteiger charge is 2.21. The third-order valence-corrected chi connectivity index (χ3v) is 6.30. The summed E-state index contributed by atoms with van der Waals surface area (Å²) in [5.74, 6) is -0.805. The zero-order valence-corrected chi connectivity index (χ0v) is 21.1. The van der Waals surface area contributed by atoms with Crippen LogP contribution in [0.2, 0.25) is 10.0 Å². The summed E-state index contributed by atoms with van der Waals surface area (Å²) in [6, 6.07) is 12.7. The van der Waals surface area contributed by atoms with Gasteiger partial charge in [0, 0.05) is 22.0 Å². The molecule has 0 radical (unpaired) electrons. The quantitative estimate of drug-likeness (QED) is 0.457. The molecule has 0 aliphatic carbocycles. The van der Waals surface area contributed by atoms with Crippen LogP contribution >= 0.6 is 34.7 Å². The molecule has 3 rings (SSSR count). The Bertz CT molecular complexity index is 1280. The molecule has 0 fully saturated rings. The third kappa shape index (κ3) is 6.89. The van der Waals surface area contributed by atoms with Gasteiger partial charge >= 0.3 is 11.7 Å². The third-order valence-electron chi connectivity index (χ3n) is 4.82. The molecule has 0 spiro atoms. The van der Waals surface area contributed by atoms with Crippen molar-refractivity contribution in [1.82, 2.24) is 8.52 Å². The van der Waals surface area contributed by atoms with E-state index in [0.29, 0.717) is 22.0 Å². The molecule has 1 amide bonds. The van der Waals surface area contributed by atoms with E-state index in [1.165, 1.54) is 3.96 Å². The highest BCUT2D eigenvalue weighted by Crippen LogP contribution is 2.12. The molecule has 1 aromatic heterocycles. The second-order valence-electron chi connectivity index (χ2n) is 8.09. The zero-order chi connectivity index (χ0) is 24.8. The average Bonchev–Trinajstić information content (AvgIpc) is 3.07. The van der Waals surface area contributed by atoms with E-state index in [0.717, 1.165) is 21.7 Å². The summed E-state index contributed by atoms with van der Waals surface area (Å²) < 4.78 is 7.94. The Labute approximate surface area is 210 Å². The highest BCUT2D eigenvalue weighted by atomic mass is 35.5. The van der Waals surface area contributed by atoms with Crippen molar-refractivity contribution in [2.75, 3.05) is 0 Å². The number of nitrogens with zero attached hydrogens (tertiary/aromatic N) is 3. The fraction of sp³-hybridized carbons (Fsp3) is 0.304. The van der Waals surface area contributed by atoms with Crippen LogP contribution < -0.4 is 16.2 Å². The van der Waals surface area contributed by atoms with Crippen LogP contribution in [0.3, 0.4) is 0 Å². The number of rotatable bonds is 8. The van der Waals surface area contributed by atoms with Crippen molar-refractivity contribution < 1.29 is 20.1 Å². The van der Waals surface area contributed by atoms with E-state index in [4.69, 9.17) is 27.9 Å². The van der Waals surface area contributed by atoms with Gasteiger partial charge in [0.1, 0.15) is 0 Å². The molecule has 3 aromatic rings. The second kappa shape index (κ2) is 11.6. The predicted molar refractivity (Wildman–Crippen MR) is 131 cm³/mol. The predicted octanol–water partition coefficient (Wildman–Crippen LogP) is 2.96. The van der Waals surface area contributed by atoms with Gasteiger partial charge in [-0.05, 0) is 59.4 Å². The first-order valence-electron chi connectivity index (χ1n) is 10.5. The van der Waals surface area contributed by atoms with Crippen molar-refractivity contribution in [1.29, 1.82) is 0 Å². The maximum atomic E-state index is 13.1. The first-order chi connectivity index (χ1) is 16.1. The number of esters is 1.